The van der Waals surface area contributed by atoms with Gasteiger partial charge >= 0.3 is 0 Å². The first-order valence-electron chi connectivity index (χ1n) is 10.5. The van der Waals surface area contributed by atoms with Crippen molar-refractivity contribution in [3.05, 3.63) is 130 Å². The van der Waals surface area contributed by atoms with Gasteiger partial charge in [-0.05, 0) is 22.3 Å². The summed E-state index contributed by atoms with van der Waals surface area (Å²) in [5, 5.41) is 21.4. The molecule has 0 heterocycles. The molecule has 0 fully saturated rings. The van der Waals surface area contributed by atoms with Gasteiger partial charge in [-0.2, -0.15) is 0 Å². The van der Waals surface area contributed by atoms with Crippen molar-refractivity contribution in [1.29, 1.82) is 0 Å². The van der Waals surface area contributed by atoms with Crippen LogP contribution in [0.25, 0.3) is 36.5 Å². The first kappa shape index (κ1) is 21.0. The Morgan fingerprint density at radius 1 is 0.375 bits per heavy atom. The Hall–Kier alpha value is -4.30. The van der Waals surface area contributed by atoms with Crippen LogP contribution in [0.3, 0.4) is 0 Å². The summed E-state index contributed by atoms with van der Waals surface area (Å²) in [5.41, 5.74) is 5.12. The van der Waals surface area contributed by atoms with E-state index in [1.165, 1.54) is 6.07 Å². The highest BCUT2D eigenvalue weighted by Gasteiger charge is 2.13. The van der Waals surface area contributed by atoms with Gasteiger partial charge in [-0.15, -0.1) is 0 Å². The fraction of sp³-hybridized carbons (Fsp3) is 0. The van der Waals surface area contributed by atoms with E-state index in [1.54, 1.807) is 0 Å². The Bertz CT molecular complexity index is 1180. The van der Waals surface area contributed by atoms with Crippen LogP contribution in [0, 0.1) is 0 Å². The van der Waals surface area contributed by atoms with Crippen LogP contribution in [-0.2, 0) is 0 Å². The zero-order valence-corrected chi connectivity index (χ0v) is 17.6. The standard InChI is InChI=1S/C30H24O2/c31-29-22-30(32)28(21-18-25-14-8-3-9-15-25)26(19-16-23-10-4-1-5-11-23)27(29)20-17-24-12-6-2-7-13-24/h1-22,31-32H. The van der Waals surface area contributed by atoms with E-state index in [9.17, 15) is 10.2 Å². The van der Waals surface area contributed by atoms with Crippen molar-refractivity contribution in [1.82, 2.24) is 0 Å². The second-order valence-corrected chi connectivity index (χ2v) is 7.39. The highest BCUT2D eigenvalue weighted by Crippen LogP contribution is 2.36. The first-order chi connectivity index (χ1) is 15.7. The average Bonchev–Trinajstić information content (AvgIpc) is 2.83. The van der Waals surface area contributed by atoms with Crippen molar-refractivity contribution in [2.24, 2.45) is 0 Å². The SMILES string of the molecule is Oc1cc(O)c(C=Cc2ccccc2)c(C=Cc2ccccc2)c1C=Cc1ccccc1. The van der Waals surface area contributed by atoms with Gasteiger partial charge in [-0.3, -0.25) is 0 Å². The normalized spacial score (nSPS) is 11.6. The van der Waals surface area contributed by atoms with Crippen LogP contribution >= 0.6 is 0 Å². The molecule has 0 aliphatic rings. The van der Waals surface area contributed by atoms with Gasteiger partial charge in [0.25, 0.3) is 0 Å². The molecule has 4 aromatic rings. The third-order valence-electron chi connectivity index (χ3n) is 5.13. The Morgan fingerprint density at radius 2 is 0.688 bits per heavy atom. The maximum Gasteiger partial charge on any atom is 0.127 e. The quantitative estimate of drug-likeness (QED) is 0.318. The van der Waals surface area contributed by atoms with E-state index >= 15 is 0 Å². The molecule has 32 heavy (non-hydrogen) atoms. The molecular formula is C30H24O2. The fourth-order valence-electron chi connectivity index (χ4n) is 3.47. The van der Waals surface area contributed by atoms with Gasteiger partial charge in [0.2, 0.25) is 0 Å². The lowest BCUT2D eigenvalue weighted by Gasteiger charge is -2.12. The van der Waals surface area contributed by atoms with E-state index in [0.29, 0.717) is 11.1 Å². The van der Waals surface area contributed by atoms with Crippen LogP contribution in [-0.4, -0.2) is 10.2 Å². The fourth-order valence-corrected chi connectivity index (χ4v) is 3.47. The molecule has 0 unspecified atom stereocenters. The molecule has 0 aromatic heterocycles. The minimum Gasteiger partial charge on any atom is -0.507 e. The van der Waals surface area contributed by atoms with E-state index < -0.39 is 0 Å². The van der Waals surface area contributed by atoms with Gasteiger partial charge in [-0.1, -0.05) is 127 Å². The number of hydrogen-bond donors (Lipinski definition) is 2. The molecule has 0 saturated carbocycles. The monoisotopic (exact) mass is 416 g/mol. The summed E-state index contributed by atoms with van der Waals surface area (Å²) in [4.78, 5) is 0. The number of aromatic hydroxyl groups is 2. The number of rotatable bonds is 6. The van der Waals surface area contributed by atoms with E-state index in [4.69, 9.17) is 0 Å². The van der Waals surface area contributed by atoms with Gasteiger partial charge in [0.15, 0.2) is 0 Å². The van der Waals surface area contributed by atoms with E-state index in [2.05, 4.69) is 0 Å². The lowest BCUT2D eigenvalue weighted by atomic mass is 9.95. The van der Waals surface area contributed by atoms with Gasteiger partial charge in [0, 0.05) is 17.2 Å². The van der Waals surface area contributed by atoms with Crippen molar-refractivity contribution in [2.75, 3.05) is 0 Å². The molecule has 0 bridgehead atoms. The Labute approximate surface area is 188 Å². The number of phenolic OH excluding ortho intramolecular Hbond substituents is 2. The highest BCUT2D eigenvalue weighted by atomic mass is 16.3. The van der Waals surface area contributed by atoms with Crippen LogP contribution in [0.4, 0.5) is 0 Å². The summed E-state index contributed by atoms with van der Waals surface area (Å²) in [7, 11) is 0. The predicted octanol–water partition coefficient (Wildman–Crippen LogP) is 7.61. The van der Waals surface area contributed by atoms with Crippen molar-refractivity contribution < 1.29 is 10.2 Å². The molecule has 2 N–H and O–H groups in total. The summed E-state index contributed by atoms with van der Waals surface area (Å²) >= 11 is 0. The Kier molecular flexibility index (Phi) is 6.64. The molecule has 0 atom stereocenters. The van der Waals surface area contributed by atoms with Gasteiger partial charge in [0.1, 0.15) is 11.5 Å². The topological polar surface area (TPSA) is 40.5 Å². The lowest BCUT2D eigenvalue weighted by molar-refractivity contribution is 0.449. The molecule has 2 nitrogen and oxygen atoms in total. The second-order valence-electron chi connectivity index (χ2n) is 7.39. The molecule has 0 spiro atoms. The zero-order valence-electron chi connectivity index (χ0n) is 17.6. The van der Waals surface area contributed by atoms with E-state index in [1.807, 2.05) is 127 Å². The third-order valence-corrected chi connectivity index (χ3v) is 5.13. The molecule has 0 radical (unpaired) electrons. The molecule has 0 aliphatic heterocycles. The van der Waals surface area contributed by atoms with Crippen molar-refractivity contribution in [3.63, 3.8) is 0 Å². The number of benzene rings is 4. The zero-order chi connectivity index (χ0) is 22.2. The lowest BCUT2D eigenvalue weighted by Crippen LogP contribution is -1.90. The van der Waals surface area contributed by atoms with Crippen LogP contribution in [0.1, 0.15) is 33.4 Å². The summed E-state index contributed by atoms with van der Waals surface area (Å²) < 4.78 is 0. The Morgan fingerprint density at radius 3 is 1.03 bits per heavy atom. The molecule has 0 saturated heterocycles. The van der Waals surface area contributed by atoms with E-state index in [-0.39, 0.29) is 11.5 Å². The molecule has 0 aliphatic carbocycles. The van der Waals surface area contributed by atoms with Crippen LogP contribution in [0.15, 0.2) is 97.1 Å². The average molecular weight is 417 g/mol. The van der Waals surface area contributed by atoms with Gasteiger partial charge < -0.3 is 10.2 Å². The molecule has 4 rings (SSSR count). The largest absolute Gasteiger partial charge is 0.507 e. The molecule has 156 valence electrons. The Balaban J connectivity index is 1.83. The van der Waals surface area contributed by atoms with E-state index in [0.717, 1.165) is 22.3 Å². The molecular weight excluding hydrogens is 392 g/mol. The van der Waals surface area contributed by atoms with Gasteiger partial charge in [-0.25, -0.2) is 0 Å². The maximum absolute atomic E-state index is 10.7. The molecule has 2 heteroatoms. The number of hydrogen-bond acceptors (Lipinski definition) is 2. The highest BCUT2D eigenvalue weighted by molar-refractivity contribution is 5.89. The van der Waals surface area contributed by atoms with Crippen molar-refractivity contribution in [2.45, 2.75) is 0 Å². The van der Waals surface area contributed by atoms with Crippen LogP contribution < -0.4 is 0 Å². The van der Waals surface area contributed by atoms with Crippen LogP contribution in [0.2, 0.25) is 0 Å². The smallest absolute Gasteiger partial charge is 0.127 e. The minimum absolute atomic E-state index is 0.0271. The molecule has 0 amide bonds. The summed E-state index contributed by atoms with van der Waals surface area (Å²) in [6.45, 7) is 0. The summed E-state index contributed by atoms with van der Waals surface area (Å²) in [6.07, 6.45) is 11.6. The first-order valence-corrected chi connectivity index (χ1v) is 10.5. The van der Waals surface area contributed by atoms with Crippen molar-refractivity contribution in [3.8, 4) is 11.5 Å². The maximum atomic E-state index is 10.7. The summed E-state index contributed by atoms with van der Waals surface area (Å²) in [6, 6.07) is 31.2. The predicted molar refractivity (Wildman–Crippen MR) is 136 cm³/mol. The summed E-state index contributed by atoms with van der Waals surface area (Å²) in [5.74, 6) is 0.0542. The van der Waals surface area contributed by atoms with Crippen molar-refractivity contribution >= 4 is 36.5 Å². The second kappa shape index (κ2) is 10.1. The third kappa shape index (κ3) is 5.24. The minimum atomic E-state index is 0.0271. The van der Waals surface area contributed by atoms with Gasteiger partial charge in [0.05, 0.1) is 0 Å². The van der Waals surface area contributed by atoms with Crippen LogP contribution in [0.5, 0.6) is 11.5 Å². The molecule has 4 aromatic carbocycles. The number of phenols is 2.